The van der Waals surface area contributed by atoms with Gasteiger partial charge in [-0.05, 0) is 91.3 Å². The second-order valence-corrected chi connectivity index (χ2v) is 9.30. The van der Waals surface area contributed by atoms with Crippen LogP contribution in [0.3, 0.4) is 0 Å². The second-order valence-electron chi connectivity index (χ2n) is 8.91. The third-order valence-corrected chi connectivity index (χ3v) is 6.78. The molecule has 1 saturated carbocycles. The van der Waals surface area contributed by atoms with Crippen LogP contribution in [0.5, 0.6) is 0 Å². The van der Waals surface area contributed by atoms with Crippen LogP contribution in [0.15, 0.2) is 47.3 Å². The zero-order valence-electron chi connectivity index (χ0n) is 18.7. The molecule has 4 nitrogen and oxygen atoms in total. The second kappa shape index (κ2) is 9.82. The van der Waals surface area contributed by atoms with Gasteiger partial charge in [0.2, 0.25) is 0 Å². The fraction of sp³-hybridized carbons (Fsp3) is 0.385. The summed E-state index contributed by atoms with van der Waals surface area (Å²) in [6.45, 7) is 5.00. The van der Waals surface area contributed by atoms with Gasteiger partial charge in [-0.3, -0.25) is 4.79 Å². The van der Waals surface area contributed by atoms with Crippen LogP contribution in [0.25, 0.3) is 10.9 Å². The zero-order valence-corrected chi connectivity index (χ0v) is 19.5. The number of nitrogens with zero attached hydrogens (tertiary/aromatic N) is 1. The first-order chi connectivity index (χ1) is 15.4. The van der Waals surface area contributed by atoms with Crippen molar-refractivity contribution < 1.29 is 4.39 Å². The van der Waals surface area contributed by atoms with Crippen molar-refractivity contribution in [3.8, 4) is 0 Å². The van der Waals surface area contributed by atoms with Gasteiger partial charge < -0.3 is 15.2 Å². The summed E-state index contributed by atoms with van der Waals surface area (Å²) in [6, 6.07) is 12.9. The molecule has 168 valence electrons. The largest absolute Gasteiger partial charge is 0.360 e. The number of hydrogen-bond donors (Lipinski definition) is 2. The number of rotatable bonds is 5. The molecule has 4 rings (SSSR count). The summed E-state index contributed by atoms with van der Waals surface area (Å²) in [6.07, 6.45) is 5.91. The summed E-state index contributed by atoms with van der Waals surface area (Å²) >= 11 is 5.79. The molecule has 1 aliphatic carbocycles. The van der Waals surface area contributed by atoms with E-state index in [0.717, 1.165) is 34.9 Å². The number of H-pyrrole nitrogens is 1. The first kappa shape index (κ1) is 22.5. The molecule has 2 aromatic carbocycles. The predicted octanol–water partition coefficient (Wildman–Crippen LogP) is 5.49. The molecule has 0 radical (unpaired) electrons. The number of fused-ring (bicyclic) bond motifs is 1. The van der Waals surface area contributed by atoms with E-state index in [2.05, 4.69) is 23.3 Å². The Balaban J connectivity index is 1.61. The summed E-state index contributed by atoms with van der Waals surface area (Å²) in [7, 11) is 0. The molecule has 1 fully saturated rings. The smallest absolute Gasteiger partial charge is 0.253 e. The minimum Gasteiger partial charge on any atom is -0.360 e. The predicted molar refractivity (Wildman–Crippen MR) is 132 cm³/mol. The Bertz CT molecular complexity index is 1170. The lowest BCUT2D eigenvalue weighted by Crippen LogP contribution is -2.45. The highest BCUT2D eigenvalue weighted by atomic mass is 32.1. The van der Waals surface area contributed by atoms with Gasteiger partial charge in [0.05, 0.1) is 6.54 Å². The topological polar surface area (TPSA) is 48.1 Å². The molecule has 0 unspecified atom stereocenters. The summed E-state index contributed by atoms with van der Waals surface area (Å²) < 4.78 is 13.4. The van der Waals surface area contributed by atoms with Crippen LogP contribution in [0.4, 0.5) is 4.39 Å². The Morgan fingerprint density at radius 1 is 1.06 bits per heavy atom. The van der Waals surface area contributed by atoms with E-state index in [1.807, 2.05) is 24.0 Å². The zero-order chi connectivity index (χ0) is 22.7. The van der Waals surface area contributed by atoms with Crippen LogP contribution in [0.1, 0.15) is 54.4 Å². The molecule has 0 atom stereocenters. The van der Waals surface area contributed by atoms with E-state index < -0.39 is 0 Å². The highest BCUT2D eigenvalue weighted by Gasteiger charge is 2.19. The quantitative estimate of drug-likeness (QED) is 0.504. The van der Waals surface area contributed by atoms with Crippen molar-refractivity contribution in [1.29, 1.82) is 0 Å². The Hall–Kier alpha value is -2.73. The first-order valence-electron chi connectivity index (χ1n) is 11.3. The van der Waals surface area contributed by atoms with Gasteiger partial charge >= 0.3 is 0 Å². The Morgan fingerprint density at radius 3 is 2.47 bits per heavy atom. The number of aryl methyl sites for hydroxylation is 2. The fourth-order valence-corrected chi connectivity index (χ4v) is 4.66. The number of halogens is 1. The van der Waals surface area contributed by atoms with Crippen LogP contribution >= 0.6 is 12.2 Å². The van der Waals surface area contributed by atoms with Crippen molar-refractivity contribution in [3.05, 3.63) is 80.9 Å². The minimum atomic E-state index is -0.264. The number of thiocarbonyl (C=S) groups is 1. The number of benzene rings is 2. The standard InChI is InChI=1S/C26H30FN3OS/c1-17-12-20-14-21(25(31)29-24(20)13-18(17)2)16-30(15-19-8-10-22(27)11-9-19)26(32)28-23-6-4-3-5-7-23/h8-14,23H,3-7,15-16H2,1-2H3,(H,28,32)(H,29,31). The van der Waals surface area contributed by atoms with E-state index >= 15 is 0 Å². The molecule has 1 heterocycles. The maximum absolute atomic E-state index is 13.4. The lowest BCUT2D eigenvalue weighted by molar-refractivity contribution is 0.362. The number of aromatic amines is 1. The third-order valence-electron chi connectivity index (χ3n) is 6.40. The van der Waals surface area contributed by atoms with Crippen molar-refractivity contribution in [2.45, 2.75) is 65.1 Å². The van der Waals surface area contributed by atoms with Crippen molar-refractivity contribution in [1.82, 2.24) is 15.2 Å². The molecule has 1 aliphatic rings. The third kappa shape index (κ3) is 5.36. The lowest BCUT2D eigenvalue weighted by atomic mass is 9.96. The Labute approximate surface area is 193 Å². The summed E-state index contributed by atoms with van der Waals surface area (Å²) in [5.41, 5.74) is 4.68. The highest BCUT2D eigenvalue weighted by molar-refractivity contribution is 7.80. The Morgan fingerprint density at radius 2 is 1.75 bits per heavy atom. The van der Waals surface area contributed by atoms with Crippen LogP contribution in [0, 0.1) is 19.7 Å². The summed E-state index contributed by atoms with van der Waals surface area (Å²) in [5.74, 6) is -0.264. The van der Waals surface area contributed by atoms with Gasteiger partial charge in [-0.25, -0.2) is 4.39 Å². The minimum absolute atomic E-state index is 0.106. The van der Waals surface area contributed by atoms with E-state index in [4.69, 9.17) is 12.2 Å². The van der Waals surface area contributed by atoms with Crippen molar-refractivity contribution in [2.75, 3.05) is 0 Å². The molecule has 0 amide bonds. The van der Waals surface area contributed by atoms with Gasteiger partial charge in [0, 0.05) is 23.7 Å². The molecular formula is C26H30FN3OS. The molecule has 1 aromatic heterocycles. The van der Waals surface area contributed by atoms with Gasteiger partial charge in [-0.2, -0.15) is 0 Å². The summed E-state index contributed by atoms with van der Waals surface area (Å²) in [5, 5.41) is 5.16. The van der Waals surface area contributed by atoms with Crippen LogP contribution in [-0.2, 0) is 13.1 Å². The summed E-state index contributed by atoms with van der Waals surface area (Å²) in [4.78, 5) is 17.9. The fourth-order valence-electron chi connectivity index (χ4n) is 4.37. The van der Waals surface area contributed by atoms with Crippen molar-refractivity contribution >= 4 is 28.2 Å². The van der Waals surface area contributed by atoms with E-state index in [-0.39, 0.29) is 11.4 Å². The first-order valence-corrected chi connectivity index (χ1v) is 11.7. The molecule has 0 aliphatic heterocycles. The van der Waals surface area contributed by atoms with Gasteiger partial charge in [0.15, 0.2) is 5.11 Å². The average molecular weight is 452 g/mol. The van der Waals surface area contributed by atoms with Gasteiger partial charge in [-0.1, -0.05) is 31.4 Å². The number of aromatic nitrogens is 1. The van der Waals surface area contributed by atoms with Gasteiger partial charge in [0.1, 0.15) is 5.82 Å². The Kier molecular flexibility index (Phi) is 6.89. The van der Waals surface area contributed by atoms with E-state index in [1.54, 1.807) is 12.1 Å². The van der Waals surface area contributed by atoms with Crippen LogP contribution in [0.2, 0.25) is 0 Å². The van der Waals surface area contributed by atoms with Crippen LogP contribution < -0.4 is 10.9 Å². The normalized spacial score (nSPS) is 14.5. The van der Waals surface area contributed by atoms with Gasteiger partial charge in [-0.15, -0.1) is 0 Å². The number of hydrogen-bond acceptors (Lipinski definition) is 2. The number of pyridine rings is 1. The van der Waals surface area contributed by atoms with E-state index in [9.17, 15) is 9.18 Å². The molecule has 0 spiro atoms. The molecule has 0 bridgehead atoms. The molecule has 3 aromatic rings. The lowest BCUT2D eigenvalue weighted by Gasteiger charge is -2.31. The molecule has 32 heavy (non-hydrogen) atoms. The maximum atomic E-state index is 13.4. The van der Waals surface area contributed by atoms with Gasteiger partial charge in [0.25, 0.3) is 5.56 Å². The SMILES string of the molecule is Cc1cc2cc(CN(Cc3ccc(F)cc3)C(=S)NC3CCCCC3)c(=O)[nH]c2cc1C. The maximum Gasteiger partial charge on any atom is 0.253 e. The van der Waals surface area contributed by atoms with E-state index in [1.165, 1.54) is 37.0 Å². The van der Waals surface area contributed by atoms with Crippen molar-refractivity contribution in [3.63, 3.8) is 0 Å². The molecule has 2 N–H and O–H groups in total. The molecule has 0 saturated heterocycles. The van der Waals surface area contributed by atoms with E-state index in [0.29, 0.717) is 29.8 Å². The van der Waals surface area contributed by atoms with Crippen LogP contribution in [-0.4, -0.2) is 21.0 Å². The average Bonchev–Trinajstić information content (AvgIpc) is 2.77. The van der Waals surface area contributed by atoms with Crippen molar-refractivity contribution in [2.24, 2.45) is 0 Å². The molecular weight excluding hydrogens is 421 g/mol. The highest BCUT2D eigenvalue weighted by Crippen LogP contribution is 2.20. The molecule has 6 heteroatoms. The monoisotopic (exact) mass is 451 g/mol. The number of nitrogens with one attached hydrogen (secondary N) is 2.